The molecule has 0 atom stereocenters. The average Bonchev–Trinajstić information content (AvgIpc) is 2.36. The van der Waals surface area contributed by atoms with Gasteiger partial charge in [0.1, 0.15) is 0 Å². The molecule has 1 amide bonds. The van der Waals surface area contributed by atoms with Crippen molar-refractivity contribution in [3.63, 3.8) is 0 Å². The van der Waals surface area contributed by atoms with Gasteiger partial charge in [0.15, 0.2) is 0 Å². The number of aromatic nitrogens is 1. The Morgan fingerprint density at radius 1 is 1.56 bits per heavy atom. The van der Waals surface area contributed by atoms with Crippen molar-refractivity contribution in [3.8, 4) is 0 Å². The average molecular weight is 272 g/mol. The third-order valence-electron chi connectivity index (χ3n) is 2.47. The van der Waals surface area contributed by atoms with E-state index in [0.29, 0.717) is 23.7 Å². The predicted octanol–water partition coefficient (Wildman–Crippen LogP) is 1.04. The SMILES string of the molecule is COCCN(C)CCNC(=O)c1ccncc1Cl. The number of carbonyl (C=O) groups excluding carboxylic acids is 1. The molecule has 0 saturated carbocycles. The van der Waals surface area contributed by atoms with E-state index < -0.39 is 0 Å². The lowest BCUT2D eigenvalue weighted by Gasteiger charge is -2.16. The van der Waals surface area contributed by atoms with E-state index in [0.717, 1.165) is 13.1 Å². The van der Waals surface area contributed by atoms with Gasteiger partial charge >= 0.3 is 0 Å². The molecule has 1 aromatic rings. The lowest BCUT2D eigenvalue weighted by Crippen LogP contribution is -2.34. The minimum atomic E-state index is -0.178. The van der Waals surface area contributed by atoms with Gasteiger partial charge < -0.3 is 15.0 Å². The Hall–Kier alpha value is -1.17. The summed E-state index contributed by atoms with van der Waals surface area (Å²) in [4.78, 5) is 17.7. The molecule has 0 spiro atoms. The number of nitrogens with zero attached hydrogens (tertiary/aromatic N) is 2. The summed E-state index contributed by atoms with van der Waals surface area (Å²) < 4.78 is 4.97. The highest BCUT2D eigenvalue weighted by Gasteiger charge is 2.09. The van der Waals surface area contributed by atoms with Gasteiger partial charge in [-0.25, -0.2) is 0 Å². The van der Waals surface area contributed by atoms with Gasteiger partial charge in [-0.3, -0.25) is 9.78 Å². The first kappa shape index (κ1) is 14.9. The number of pyridine rings is 1. The summed E-state index contributed by atoms with van der Waals surface area (Å²) >= 11 is 5.88. The summed E-state index contributed by atoms with van der Waals surface area (Å²) in [5.74, 6) is -0.178. The highest BCUT2D eigenvalue weighted by molar-refractivity contribution is 6.33. The van der Waals surface area contributed by atoms with Gasteiger partial charge in [-0.2, -0.15) is 0 Å². The monoisotopic (exact) mass is 271 g/mol. The topological polar surface area (TPSA) is 54.5 Å². The van der Waals surface area contributed by atoms with Crippen LogP contribution in [0.25, 0.3) is 0 Å². The number of rotatable bonds is 7. The zero-order chi connectivity index (χ0) is 13.4. The molecule has 5 nitrogen and oxygen atoms in total. The van der Waals surface area contributed by atoms with Crippen molar-refractivity contribution in [1.82, 2.24) is 15.2 Å². The number of hydrogen-bond acceptors (Lipinski definition) is 4. The molecule has 0 aliphatic rings. The van der Waals surface area contributed by atoms with Crippen LogP contribution in [-0.2, 0) is 4.74 Å². The van der Waals surface area contributed by atoms with Crippen LogP contribution in [0.1, 0.15) is 10.4 Å². The molecule has 1 rings (SSSR count). The Labute approximate surface area is 112 Å². The van der Waals surface area contributed by atoms with E-state index in [-0.39, 0.29) is 5.91 Å². The van der Waals surface area contributed by atoms with Crippen LogP contribution in [-0.4, -0.2) is 56.2 Å². The molecule has 0 aromatic carbocycles. The van der Waals surface area contributed by atoms with Crippen molar-refractivity contribution in [2.75, 3.05) is 40.4 Å². The van der Waals surface area contributed by atoms with E-state index in [1.807, 2.05) is 7.05 Å². The molecule has 1 N–H and O–H groups in total. The number of carbonyl (C=O) groups is 1. The second kappa shape index (κ2) is 8.02. The lowest BCUT2D eigenvalue weighted by molar-refractivity contribution is 0.0947. The third kappa shape index (κ3) is 5.00. The number of likely N-dealkylation sites (N-methyl/N-ethyl adjacent to an activating group) is 1. The molecule has 18 heavy (non-hydrogen) atoms. The molecule has 100 valence electrons. The van der Waals surface area contributed by atoms with Gasteiger partial charge in [0.2, 0.25) is 0 Å². The first-order valence-electron chi connectivity index (χ1n) is 5.70. The lowest BCUT2D eigenvalue weighted by atomic mass is 10.2. The van der Waals surface area contributed by atoms with Crippen molar-refractivity contribution < 1.29 is 9.53 Å². The molecule has 0 bridgehead atoms. The number of ether oxygens (including phenoxy) is 1. The van der Waals surface area contributed by atoms with E-state index in [9.17, 15) is 4.79 Å². The van der Waals surface area contributed by atoms with Crippen molar-refractivity contribution in [2.24, 2.45) is 0 Å². The first-order chi connectivity index (χ1) is 8.65. The summed E-state index contributed by atoms with van der Waals surface area (Å²) in [6.45, 7) is 2.85. The van der Waals surface area contributed by atoms with Gasteiger partial charge in [-0.15, -0.1) is 0 Å². The summed E-state index contributed by atoms with van der Waals surface area (Å²) in [7, 11) is 3.64. The molecule has 0 aliphatic heterocycles. The van der Waals surface area contributed by atoms with Crippen LogP contribution in [0.4, 0.5) is 0 Å². The van der Waals surface area contributed by atoms with Crippen LogP contribution >= 0.6 is 11.6 Å². The number of methoxy groups -OCH3 is 1. The molecule has 1 heterocycles. The van der Waals surface area contributed by atoms with Gasteiger partial charge in [-0.05, 0) is 13.1 Å². The first-order valence-corrected chi connectivity index (χ1v) is 6.08. The highest BCUT2D eigenvalue weighted by Crippen LogP contribution is 2.12. The number of nitrogens with one attached hydrogen (secondary N) is 1. The maximum Gasteiger partial charge on any atom is 0.252 e. The molecule has 0 aliphatic carbocycles. The Morgan fingerprint density at radius 2 is 2.33 bits per heavy atom. The summed E-state index contributed by atoms with van der Waals surface area (Å²) in [5, 5.41) is 3.18. The quantitative estimate of drug-likeness (QED) is 0.805. The Balaban J connectivity index is 2.32. The molecule has 0 fully saturated rings. The minimum Gasteiger partial charge on any atom is -0.383 e. The van der Waals surface area contributed by atoms with Crippen LogP contribution in [0, 0.1) is 0 Å². The molecule has 6 heteroatoms. The van der Waals surface area contributed by atoms with E-state index in [1.54, 1.807) is 19.4 Å². The van der Waals surface area contributed by atoms with Crippen LogP contribution < -0.4 is 5.32 Å². The largest absolute Gasteiger partial charge is 0.383 e. The standard InChI is InChI=1S/C12H18ClN3O2/c1-16(7-8-18-2)6-5-15-12(17)10-3-4-14-9-11(10)13/h3-4,9H,5-8H2,1-2H3,(H,15,17). The van der Waals surface area contributed by atoms with E-state index in [4.69, 9.17) is 16.3 Å². The van der Waals surface area contributed by atoms with Gasteiger partial charge in [-0.1, -0.05) is 11.6 Å². The maximum atomic E-state index is 11.8. The molecular weight excluding hydrogens is 254 g/mol. The fraction of sp³-hybridized carbons (Fsp3) is 0.500. The second-order valence-electron chi connectivity index (χ2n) is 3.91. The molecule has 0 unspecified atom stereocenters. The van der Waals surface area contributed by atoms with E-state index in [2.05, 4.69) is 15.2 Å². The zero-order valence-electron chi connectivity index (χ0n) is 10.6. The maximum absolute atomic E-state index is 11.8. The Kier molecular flexibility index (Phi) is 6.64. The normalized spacial score (nSPS) is 10.7. The van der Waals surface area contributed by atoms with E-state index >= 15 is 0 Å². The number of halogens is 1. The third-order valence-corrected chi connectivity index (χ3v) is 2.77. The van der Waals surface area contributed by atoms with Crippen LogP contribution in [0.3, 0.4) is 0 Å². The Morgan fingerprint density at radius 3 is 3.00 bits per heavy atom. The second-order valence-corrected chi connectivity index (χ2v) is 4.31. The summed E-state index contributed by atoms with van der Waals surface area (Å²) in [6.07, 6.45) is 3.01. The highest BCUT2D eigenvalue weighted by atomic mass is 35.5. The fourth-order valence-corrected chi connectivity index (χ4v) is 1.58. The Bertz CT molecular complexity index is 387. The van der Waals surface area contributed by atoms with E-state index in [1.165, 1.54) is 6.20 Å². The van der Waals surface area contributed by atoms with Gasteiger partial charge in [0.05, 0.1) is 17.2 Å². The number of amides is 1. The van der Waals surface area contributed by atoms with Crippen molar-refractivity contribution in [1.29, 1.82) is 0 Å². The predicted molar refractivity (Wildman–Crippen MR) is 71.0 cm³/mol. The zero-order valence-corrected chi connectivity index (χ0v) is 11.4. The van der Waals surface area contributed by atoms with Crippen molar-refractivity contribution >= 4 is 17.5 Å². The van der Waals surface area contributed by atoms with Gasteiger partial charge in [0.25, 0.3) is 5.91 Å². The van der Waals surface area contributed by atoms with Crippen molar-refractivity contribution in [2.45, 2.75) is 0 Å². The van der Waals surface area contributed by atoms with Crippen LogP contribution in [0.15, 0.2) is 18.5 Å². The van der Waals surface area contributed by atoms with Crippen molar-refractivity contribution in [3.05, 3.63) is 29.0 Å². The minimum absolute atomic E-state index is 0.178. The van der Waals surface area contributed by atoms with Gasteiger partial charge in [0, 0.05) is 39.1 Å². The van der Waals surface area contributed by atoms with Crippen LogP contribution in [0.5, 0.6) is 0 Å². The molecule has 0 saturated heterocycles. The smallest absolute Gasteiger partial charge is 0.252 e. The number of hydrogen-bond donors (Lipinski definition) is 1. The molecular formula is C12H18ClN3O2. The molecule has 1 aromatic heterocycles. The fourth-order valence-electron chi connectivity index (χ4n) is 1.37. The van der Waals surface area contributed by atoms with Crippen LogP contribution in [0.2, 0.25) is 5.02 Å². The summed E-state index contributed by atoms with van der Waals surface area (Å²) in [6, 6.07) is 1.60. The summed E-state index contributed by atoms with van der Waals surface area (Å²) in [5.41, 5.74) is 0.450. The molecule has 0 radical (unpaired) electrons.